The molecule has 0 radical (unpaired) electrons. The Labute approximate surface area is 95.8 Å². The highest BCUT2D eigenvalue weighted by molar-refractivity contribution is 5.85. The molecule has 0 aromatic carbocycles. The Morgan fingerprint density at radius 2 is 1.94 bits per heavy atom. The van der Waals surface area contributed by atoms with E-state index in [9.17, 15) is 9.59 Å². The molecule has 0 aliphatic heterocycles. The Balaban J connectivity index is 4.63. The van der Waals surface area contributed by atoms with E-state index >= 15 is 0 Å². The summed E-state index contributed by atoms with van der Waals surface area (Å²) in [5.41, 5.74) is 0. The highest BCUT2D eigenvalue weighted by Gasteiger charge is 2.28. The Bertz CT molecular complexity index is 294. The van der Waals surface area contributed by atoms with E-state index in [4.69, 9.17) is 5.26 Å². The summed E-state index contributed by atoms with van der Waals surface area (Å²) in [6.45, 7) is 5.20. The number of nitrogens with zero attached hydrogens (tertiary/aromatic N) is 1. The Morgan fingerprint density at radius 1 is 1.38 bits per heavy atom. The van der Waals surface area contributed by atoms with Crippen LogP contribution in [-0.4, -0.2) is 25.0 Å². The van der Waals surface area contributed by atoms with Crippen molar-refractivity contribution in [3.8, 4) is 6.07 Å². The van der Waals surface area contributed by atoms with Gasteiger partial charge in [-0.3, -0.25) is 4.79 Å². The number of amides is 1. The van der Waals surface area contributed by atoms with Crippen LogP contribution in [0, 0.1) is 23.2 Å². The van der Waals surface area contributed by atoms with Crippen molar-refractivity contribution < 1.29 is 14.3 Å². The van der Waals surface area contributed by atoms with Crippen LogP contribution in [0.2, 0.25) is 0 Å². The van der Waals surface area contributed by atoms with Gasteiger partial charge >= 0.3 is 5.97 Å². The lowest BCUT2D eigenvalue weighted by Crippen LogP contribution is -2.47. The van der Waals surface area contributed by atoms with Crippen molar-refractivity contribution in [2.45, 2.75) is 33.2 Å². The molecular weight excluding hydrogens is 208 g/mol. The lowest BCUT2D eigenvalue weighted by molar-refractivity contribution is -0.146. The predicted molar refractivity (Wildman–Crippen MR) is 58.2 cm³/mol. The zero-order valence-corrected chi connectivity index (χ0v) is 10.1. The van der Waals surface area contributed by atoms with Crippen LogP contribution in [0.5, 0.6) is 0 Å². The number of nitriles is 1. The van der Waals surface area contributed by atoms with Crippen molar-refractivity contribution in [1.82, 2.24) is 5.32 Å². The average Bonchev–Trinajstić information content (AvgIpc) is 2.24. The van der Waals surface area contributed by atoms with Gasteiger partial charge in [0.05, 0.1) is 13.2 Å². The molecule has 0 fully saturated rings. The molecule has 2 atom stereocenters. The molecule has 1 amide bonds. The van der Waals surface area contributed by atoms with Crippen LogP contribution in [-0.2, 0) is 14.3 Å². The third-order valence-corrected chi connectivity index (χ3v) is 2.26. The van der Waals surface area contributed by atoms with Crippen molar-refractivity contribution >= 4 is 11.9 Å². The Hall–Kier alpha value is -1.57. The van der Waals surface area contributed by atoms with E-state index in [0.717, 1.165) is 0 Å². The fourth-order valence-corrected chi connectivity index (χ4v) is 1.14. The smallest absolute Gasteiger partial charge is 0.328 e. The van der Waals surface area contributed by atoms with Crippen LogP contribution < -0.4 is 5.32 Å². The van der Waals surface area contributed by atoms with Crippen molar-refractivity contribution in [3.63, 3.8) is 0 Å². The number of carbonyl (C=O) groups is 2. The quantitative estimate of drug-likeness (QED) is 0.705. The van der Waals surface area contributed by atoms with Crippen molar-refractivity contribution in [1.29, 1.82) is 5.26 Å². The van der Waals surface area contributed by atoms with E-state index in [1.54, 1.807) is 20.8 Å². The van der Waals surface area contributed by atoms with Crippen molar-refractivity contribution in [2.75, 3.05) is 7.11 Å². The minimum atomic E-state index is -0.750. The lowest BCUT2D eigenvalue weighted by Gasteiger charge is -2.21. The highest BCUT2D eigenvalue weighted by Crippen LogP contribution is 2.10. The van der Waals surface area contributed by atoms with E-state index in [0.29, 0.717) is 0 Å². The first kappa shape index (κ1) is 14.4. The number of carbonyl (C=O) groups excluding carboxylic acids is 2. The van der Waals surface area contributed by atoms with Gasteiger partial charge in [-0.05, 0) is 0 Å². The highest BCUT2D eigenvalue weighted by atomic mass is 16.5. The van der Waals surface area contributed by atoms with Crippen LogP contribution >= 0.6 is 0 Å². The minimum absolute atomic E-state index is 0.193. The summed E-state index contributed by atoms with van der Waals surface area (Å²) in [7, 11) is 1.26. The summed E-state index contributed by atoms with van der Waals surface area (Å²) >= 11 is 0. The zero-order chi connectivity index (χ0) is 12.7. The summed E-state index contributed by atoms with van der Waals surface area (Å²) in [5.74, 6) is -1.21. The van der Waals surface area contributed by atoms with Gasteiger partial charge in [0, 0.05) is 18.3 Å². The Kier molecular flexibility index (Phi) is 6.16. The largest absolute Gasteiger partial charge is 0.467 e. The van der Waals surface area contributed by atoms with Gasteiger partial charge in [-0.1, -0.05) is 20.8 Å². The predicted octanol–water partition coefficient (Wildman–Crippen LogP) is 0.850. The normalized spacial score (nSPS) is 13.8. The summed E-state index contributed by atoms with van der Waals surface area (Å²) in [6.07, 6.45) is 0.193. The molecule has 0 unspecified atom stereocenters. The Morgan fingerprint density at radius 3 is 2.31 bits per heavy atom. The van der Waals surface area contributed by atoms with E-state index in [-0.39, 0.29) is 24.2 Å². The van der Waals surface area contributed by atoms with Crippen molar-refractivity contribution in [3.05, 3.63) is 0 Å². The molecule has 0 aliphatic rings. The van der Waals surface area contributed by atoms with Crippen molar-refractivity contribution in [2.24, 2.45) is 11.8 Å². The average molecular weight is 226 g/mol. The summed E-state index contributed by atoms with van der Waals surface area (Å²) in [6, 6.07) is 1.22. The molecule has 16 heavy (non-hydrogen) atoms. The van der Waals surface area contributed by atoms with Gasteiger partial charge in [0.2, 0.25) is 5.91 Å². The zero-order valence-electron chi connectivity index (χ0n) is 10.1. The third kappa shape index (κ3) is 4.30. The minimum Gasteiger partial charge on any atom is -0.467 e. The third-order valence-electron chi connectivity index (χ3n) is 2.26. The second kappa shape index (κ2) is 6.83. The molecule has 5 nitrogen and oxygen atoms in total. The second-order valence-corrected chi connectivity index (χ2v) is 4.00. The second-order valence-electron chi connectivity index (χ2n) is 4.00. The van der Waals surface area contributed by atoms with Gasteiger partial charge in [0.1, 0.15) is 6.04 Å². The molecule has 0 rings (SSSR count). The maximum atomic E-state index is 11.5. The van der Waals surface area contributed by atoms with Crippen LogP contribution in [0.1, 0.15) is 27.2 Å². The van der Waals surface area contributed by atoms with Gasteiger partial charge in [-0.25, -0.2) is 4.79 Å². The summed E-state index contributed by atoms with van der Waals surface area (Å²) in [5, 5.41) is 11.2. The monoisotopic (exact) mass is 226 g/mol. The molecule has 1 N–H and O–H groups in total. The maximum Gasteiger partial charge on any atom is 0.328 e. The number of hydrogen-bond acceptors (Lipinski definition) is 4. The first-order valence-electron chi connectivity index (χ1n) is 5.19. The maximum absolute atomic E-state index is 11.5. The molecule has 0 heterocycles. The SMILES string of the molecule is COC(=O)[C@@H](NC(=O)C(C)C)[C@H](C)CC#N. The number of hydrogen-bond donors (Lipinski definition) is 1. The van der Waals surface area contributed by atoms with Crippen LogP contribution in [0.15, 0.2) is 0 Å². The molecule has 5 heteroatoms. The van der Waals surface area contributed by atoms with Crippen LogP contribution in [0.4, 0.5) is 0 Å². The van der Waals surface area contributed by atoms with Gasteiger partial charge in [0.25, 0.3) is 0 Å². The van der Waals surface area contributed by atoms with Gasteiger partial charge < -0.3 is 10.1 Å². The fraction of sp³-hybridized carbons (Fsp3) is 0.727. The molecular formula is C11H18N2O3. The molecule has 0 aromatic heterocycles. The number of methoxy groups -OCH3 is 1. The lowest BCUT2D eigenvalue weighted by atomic mass is 9.98. The number of nitrogens with one attached hydrogen (secondary N) is 1. The van der Waals surface area contributed by atoms with E-state index < -0.39 is 12.0 Å². The first-order chi connectivity index (χ1) is 7.43. The van der Waals surface area contributed by atoms with Crippen LogP contribution in [0.25, 0.3) is 0 Å². The molecule has 0 aromatic rings. The number of rotatable bonds is 5. The molecule has 0 saturated heterocycles. The van der Waals surface area contributed by atoms with E-state index in [2.05, 4.69) is 10.1 Å². The molecule has 0 spiro atoms. The molecule has 0 aliphatic carbocycles. The standard InChI is InChI=1S/C11H18N2O3/c1-7(2)10(14)13-9(11(15)16-4)8(3)5-6-12/h7-9H,5H2,1-4H3,(H,13,14)/t8-,9+/m1/s1. The van der Waals surface area contributed by atoms with Gasteiger partial charge in [0.15, 0.2) is 0 Å². The number of ether oxygens (including phenoxy) is 1. The molecule has 0 bridgehead atoms. The van der Waals surface area contributed by atoms with Gasteiger partial charge in [-0.2, -0.15) is 5.26 Å². The summed E-state index contributed by atoms with van der Waals surface area (Å²) in [4.78, 5) is 22.9. The fourth-order valence-electron chi connectivity index (χ4n) is 1.14. The van der Waals surface area contributed by atoms with Crippen LogP contribution in [0.3, 0.4) is 0 Å². The molecule has 90 valence electrons. The number of esters is 1. The first-order valence-corrected chi connectivity index (χ1v) is 5.19. The van der Waals surface area contributed by atoms with E-state index in [1.165, 1.54) is 7.11 Å². The topological polar surface area (TPSA) is 79.2 Å². The molecule has 0 saturated carbocycles. The summed E-state index contributed by atoms with van der Waals surface area (Å²) < 4.78 is 4.60. The van der Waals surface area contributed by atoms with Gasteiger partial charge in [-0.15, -0.1) is 0 Å². The van der Waals surface area contributed by atoms with E-state index in [1.807, 2.05) is 6.07 Å².